The van der Waals surface area contributed by atoms with Crippen molar-refractivity contribution in [3.8, 4) is 0 Å². The molecule has 16 heavy (non-hydrogen) atoms. The van der Waals surface area contributed by atoms with Crippen molar-refractivity contribution in [2.24, 2.45) is 0 Å². The number of hydrogen-bond acceptors (Lipinski definition) is 4. The van der Waals surface area contributed by atoms with Gasteiger partial charge in [-0.15, -0.1) is 0 Å². The molecule has 3 nitrogen and oxygen atoms in total. The van der Waals surface area contributed by atoms with E-state index in [1.165, 1.54) is 25.7 Å². The Bertz CT molecular complexity index is 378. The van der Waals surface area contributed by atoms with Crippen molar-refractivity contribution in [2.75, 3.05) is 12.0 Å². The molecule has 0 bridgehead atoms. The molecule has 0 atom stereocenters. The second-order valence-corrected chi connectivity index (χ2v) is 5.80. The second kappa shape index (κ2) is 5.36. The molecule has 1 aliphatic rings. The highest BCUT2D eigenvalue weighted by atomic mass is 79.9. The molecule has 1 aromatic heterocycles. The van der Waals surface area contributed by atoms with Gasteiger partial charge in [-0.1, -0.05) is 12.8 Å². The Labute approximate surface area is 109 Å². The van der Waals surface area contributed by atoms with Gasteiger partial charge in [0.2, 0.25) is 0 Å². The first kappa shape index (κ1) is 12.2. The lowest BCUT2D eigenvalue weighted by Crippen LogP contribution is -2.07. The van der Waals surface area contributed by atoms with Gasteiger partial charge in [0, 0.05) is 5.92 Å². The fourth-order valence-corrected chi connectivity index (χ4v) is 3.08. The SMILES string of the molecule is CSCc1nc(N)c(Br)c(C2CCCC2)n1. The minimum Gasteiger partial charge on any atom is -0.383 e. The molecule has 88 valence electrons. The van der Waals surface area contributed by atoms with Crippen LogP contribution in [-0.4, -0.2) is 16.2 Å². The Morgan fingerprint density at radius 3 is 2.69 bits per heavy atom. The molecule has 0 saturated heterocycles. The molecule has 2 N–H and O–H groups in total. The van der Waals surface area contributed by atoms with Crippen LogP contribution in [0, 0.1) is 0 Å². The van der Waals surface area contributed by atoms with Crippen molar-refractivity contribution in [1.82, 2.24) is 9.97 Å². The highest BCUT2D eigenvalue weighted by Crippen LogP contribution is 2.38. The zero-order valence-electron chi connectivity index (χ0n) is 9.37. The summed E-state index contributed by atoms with van der Waals surface area (Å²) in [6, 6.07) is 0. The molecule has 0 aliphatic heterocycles. The first-order valence-corrected chi connectivity index (χ1v) is 7.71. The zero-order valence-corrected chi connectivity index (χ0v) is 11.8. The quantitative estimate of drug-likeness (QED) is 0.930. The first-order chi connectivity index (χ1) is 7.72. The van der Waals surface area contributed by atoms with Gasteiger partial charge < -0.3 is 5.73 Å². The monoisotopic (exact) mass is 301 g/mol. The van der Waals surface area contributed by atoms with Crippen molar-refractivity contribution in [3.63, 3.8) is 0 Å². The van der Waals surface area contributed by atoms with E-state index in [0.717, 1.165) is 21.7 Å². The van der Waals surface area contributed by atoms with Crippen LogP contribution in [0.1, 0.15) is 43.1 Å². The number of aromatic nitrogens is 2. The van der Waals surface area contributed by atoms with Crippen LogP contribution in [0.3, 0.4) is 0 Å². The summed E-state index contributed by atoms with van der Waals surface area (Å²) in [5, 5.41) is 0. The average Bonchev–Trinajstić information content (AvgIpc) is 2.76. The van der Waals surface area contributed by atoms with Crippen LogP contribution < -0.4 is 5.73 Å². The van der Waals surface area contributed by atoms with Crippen molar-refractivity contribution in [1.29, 1.82) is 0 Å². The summed E-state index contributed by atoms with van der Waals surface area (Å²) in [5.74, 6) is 2.84. The molecule has 0 radical (unpaired) electrons. The molecule has 1 heterocycles. The maximum atomic E-state index is 5.91. The highest BCUT2D eigenvalue weighted by molar-refractivity contribution is 9.10. The Hall–Kier alpha value is -0.290. The van der Waals surface area contributed by atoms with Gasteiger partial charge in [-0.05, 0) is 35.0 Å². The zero-order chi connectivity index (χ0) is 11.5. The largest absolute Gasteiger partial charge is 0.383 e. The maximum Gasteiger partial charge on any atom is 0.141 e. The summed E-state index contributed by atoms with van der Waals surface area (Å²) in [4.78, 5) is 8.94. The van der Waals surface area contributed by atoms with Gasteiger partial charge in [-0.25, -0.2) is 9.97 Å². The molecular weight excluding hydrogens is 286 g/mol. The molecule has 5 heteroatoms. The number of hydrogen-bond donors (Lipinski definition) is 1. The minimum absolute atomic E-state index is 0.570. The van der Waals surface area contributed by atoms with Gasteiger partial charge in [0.1, 0.15) is 11.6 Å². The lowest BCUT2D eigenvalue weighted by atomic mass is 10.0. The molecular formula is C11H16BrN3S. The number of thioether (sulfide) groups is 1. The molecule has 1 aromatic rings. The summed E-state index contributed by atoms with van der Waals surface area (Å²) >= 11 is 5.24. The lowest BCUT2D eigenvalue weighted by molar-refractivity contribution is 0.684. The van der Waals surface area contributed by atoms with Crippen LogP contribution in [0.2, 0.25) is 0 Å². The van der Waals surface area contributed by atoms with E-state index in [9.17, 15) is 0 Å². The van der Waals surface area contributed by atoms with Crippen LogP contribution in [0.25, 0.3) is 0 Å². The van der Waals surface area contributed by atoms with Crippen molar-refractivity contribution in [2.45, 2.75) is 37.4 Å². The van der Waals surface area contributed by atoms with Gasteiger partial charge in [-0.3, -0.25) is 0 Å². The van der Waals surface area contributed by atoms with Crippen molar-refractivity contribution >= 4 is 33.5 Å². The summed E-state index contributed by atoms with van der Waals surface area (Å²) < 4.78 is 0.907. The topological polar surface area (TPSA) is 51.8 Å². The van der Waals surface area contributed by atoms with E-state index in [1.54, 1.807) is 11.8 Å². The van der Waals surface area contributed by atoms with Gasteiger partial charge in [0.25, 0.3) is 0 Å². The number of nitrogens with zero attached hydrogens (tertiary/aromatic N) is 2. The average molecular weight is 302 g/mol. The van der Waals surface area contributed by atoms with Crippen molar-refractivity contribution < 1.29 is 0 Å². The number of halogens is 1. The van der Waals surface area contributed by atoms with E-state index in [-0.39, 0.29) is 0 Å². The number of rotatable bonds is 3. The minimum atomic E-state index is 0.570. The molecule has 1 fully saturated rings. The molecule has 0 amide bonds. The van der Waals surface area contributed by atoms with E-state index in [4.69, 9.17) is 5.73 Å². The summed E-state index contributed by atoms with van der Waals surface area (Å²) in [7, 11) is 0. The van der Waals surface area contributed by atoms with Crippen molar-refractivity contribution in [3.05, 3.63) is 16.0 Å². The molecule has 0 unspecified atom stereocenters. The number of anilines is 1. The van der Waals surface area contributed by atoms with E-state index in [2.05, 4.69) is 32.2 Å². The Balaban J connectivity index is 2.33. The van der Waals surface area contributed by atoms with Gasteiger partial charge >= 0.3 is 0 Å². The number of nitrogen functional groups attached to an aromatic ring is 1. The lowest BCUT2D eigenvalue weighted by Gasteiger charge is -2.13. The molecule has 2 rings (SSSR count). The molecule has 0 spiro atoms. The van der Waals surface area contributed by atoms with Crippen LogP contribution in [-0.2, 0) is 5.75 Å². The second-order valence-electron chi connectivity index (χ2n) is 4.14. The van der Waals surface area contributed by atoms with Crippen LogP contribution in [0.15, 0.2) is 4.47 Å². The Kier molecular flexibility index (Phi) is 4.08. The van der Waals surface area contributed by atoms with Crippen LogP contribution >= 0.6 is 27.7 Å². The Morgan fingerprint density at radius 1 is 1.38 bits per heavy atom. The maximum absolute atomic E-state index is 5.91. The highest BCUT2D eigenvalue weighted by Gasteiger charge is 2.23. The van der Waals surface area contributed by atoms with Gasteiger partial charge in [-0.2, -0.15) is 11.8 Å². The van der Waals surface area contributed by atoms with E-state index >= 15 is 0 Å². The summed E-state index contributed by atoms with van der Waals surface area (Å²) in [5.41, 5.74) is 7.03. The van der Waals surface area contributed by atoms with E-state index in [1.807, 2.05) is 0 Å². The van der Waals surface area contributed by atoms with Gasteiger partial charge in [0.05, 0.1) is 15.9 Å². The molecule has 1 aliphatic carbocycles. The third-order valence-corrected chi connectivity index (χ3v) is 4.32. The normalized spacial score (nSPS) is 16.9. The fourth-order valence-electron chi connectivity index (χ4n) is 2.20. The smallest absolute Gasteiger partial charge is 0.141 e. The molecule has 0 aromatic carbocycles. The van der Waals surface area contributed by atoms with E-state index in [0.29, 0.717) is 11.7 Å². The predicted molar refractivity (Wildman–Crippen MR) is 72.6 cm³/mol. The van der Waals surface area contributed by atoms with Crippen LogP contribution in [0.4, 0.5) is 5.82 Å². The number of nitrogens with two attached hydrogens (primary N) is 1. The Morgan fingerprint density at radius 2 is 2.06 bits per heavy atom. The predicted octanol–water partition coefficient (Wildman–Crippen LogP) is 3.34. The summed E-state index contributed by atoms with van der Waals surface area (Å²) in [6.45, 7) is 0. The fraction of sp³-hybridized carbons (Fsp3) is 0.636. The first-order valence-electron chi connectivity index (χ1n) is 5.53. The van der Waals surface area contributed by atoms with E-state index < -0.39 is 0 Å². The standard InChI is InChI=1S/C11H16BrN3S/c1-16-6-8-14-10(7-4-2-3-5-7)9(12)11(13)15-8/h7H,2-6H2,1H3,(H2,13,14,15). The summed E-state index contributed by atoms with van der Waals surface area (Å²) in [6.07, 6.45) is 7.12. The van der Waals surface area contributed by atoms with Crippen LogP contribution in [0.5, 0.6) is 0 Å². The third-order valence-electron chi connectivity index (χ3n) is 2.96. The molecule has 1 saturated carbocycles. The van der Waals surface area contributed by atoms with Gasteiger partial charge in [0.15, 0.2) is 0 Å². The third kappa shape index (κ3) is 2.51.